The van der Waals surface area contributed by atoms with Gasteiger partial charge in [-0.1, -0.05) is 24.2 Å². The van der Waals surface area contributed by atoms with Gasteiger partial charge < -0.3 is 15.0 Å². The maximum absolute atomic E-state index is 5.86. The van der Waals surface area contributed by atoms with Crippen molar-refractivity contribution < 1.29 is 9.26 Å². The maximum atomic E-state index is 5.86. The van der Waals surface area contributed by atoms with Crippen LogP contribution in [0.2, 0.25) is 0 Å². The van der Waals surface area contributed by atoms with E-state index in [0.29, 0.717) is 23.9 Å². The van der Waals surface area contributed by atoms with Crippen LogP contribution in [0.15, 0.2) is 28.8 Å². The third-order valence-corrected chi connectivity index (χ3v) is 2.77. The first-order valence-corrected chi connectivity index (χ1v) is 5.96. The Morgan fingerprint density at radius 2 is 2.17 bits per heavy atom. The first-order valence-electron chi connectivity index (χ1n) is 5.96. The van der Waals surface area contributed by atoms with Crippen molar-refractivity contribution in [2.24, 2.45) is 5.73 Å². The lowest BCUT2D eigenvalue weighted by atomic mass is 10.1. The van der Waals surface area contributed by atoms with Gasteiger partial charge >= 0.3 is 0 Å². The molecule has 1 aromatic carbocycles. The highest BCUT2D eigenvalue weighted by Gasteiger charge is 2.14. The molecule has 5 nitrogen and oxygen atoms in total. The molecular formula is C13H17N3O2. The molecule has 0 saturated heterocycles. The highest BCUT2D eigenvalue weighted by Crippen LogP contribution is 2.27. The molecule has 18 heavy (non-hydrogen) atoms. The quantitative estimate of drug-likeness (QED) is 0.875. The number of nitrogens with zero attached hydrogens (tertiary/aromatic N) is 2. The first kappa shape index (κ1) is 12.6. The molecule has 0 aliphatic rings. The number of rotatable bonds is 5. The van der Waals surface area contributed by atoms with E-state index in [-0.39, 0.29) is 6.04 Å². The van der Waals surface area contributed by atoms with E-state index in [9.17, 15) is 0 Å². The van der Waals surface area contributed by atoms with Crippen LogP contribution in [0, 0.1) is 0 Å². The number of aromatic nitrogens is 2. The number of methoxy groups -OCH3 is 1. The van der Waals surface area contributed by atoms with E-state index in [2.05, 4.69) is 10.1 Å². The summed E-state index contributed by atoms with van der Waals surface area (Å²) in [6, 6.07) is 7.60. The number of hydrogen-bond acceptors (Lipinski definition) is 5. The predicted molar refractivity (Wildman–Crippen MR) is 68.3 cm³/mol. The zero-order chi connectivity index (χ0) is 13.0. The molecular weight excluding hydrogens is 230 g/mol. The molecule has 0 fully saturated rings. The standard InChI is InChI=1S/C13H17N3O2/c1-3-9(14)8-12-15-13(18-16-12)10-6-4-5-7-11(10)17-2/h4-7,9H,3,8,14H2,1-2H3. The van der Waals surface area contributed by atoms with Gasteiger partial charge in [0.2, 0.25) is 0 Å². The fraction of sp³-hybridized carbons (Fsp3) is 0.385. The molecule has 0 spiro atoms. The van der Waals surface area contributed by atoms with Gasteiger partial charge in [0, 0.05) is 12.5 Å². The summed E-state index contributed by atoms with van der Waals surface area (Å²) >= 11 is 0. The van der Waals surface area contributed by atoms with Crippen LogP contribution in [-0.2, 0) is 6.42 Å². The minimum absolute atomic E-state index is 0.0631. The maximum Gasteiger partial charge on any atom is 0.261 e. The monoisotopic (exact) mass is 247 g/mol. The Bertz CT molecular complexity index is 510. The van der Waals surface area contributed by atoms with Gasteiger partial charge in [-0.05, 0) is 18.6 Å². The third-order valence-electron chi connectivity index (χ3n) is 2.77. The lowest BCUT2D eigenvalue weighted by Gasteiger charge is -2.03. The van der Waals surface area contributed by atoms with E-state index in [0.717, 1.165) is 12.0 Å². The number of benzene rings is 1. The number of ether oxygens (including phenoxy) is 1. The van der Waals surface area contributed by atoms with Crippen molar-refractivity contribution in [3.05, 3.63) is 30.1 Å². The molecule has 2 N–H and O–H groups in total. The Labute approximate surface area is 106 Å². The second-order valence-corrected chi connectivity index (χ2v) is 4.09. The van der Waals surface area contributed by atoms with E-state index in [1.54, 1.807) is 7.11 Å². The number of para-hydroxylation sites is 1. The molecule has 1 heterocycles. The fourth-order valence-electron chi connectivity index (χ4n) is 1.65. The summed E-state index contributed by atoms with van der Waals surface area (Å²) in [7, 11) is 1.61. The molecule has 5 heteroatoms. The minimum Gasteiger partial charge on any atom is -0.496 e. The normalized spacial score (nSPS) is 12.4. The molecule has 2 aromatic rings. The van der Waals surface area contributed by atoms with Crippen molar-refractivity contribution in [1.82, 2.24) is 10.1 Å². The molecule has 0 bridgehead atoms. The van der Waals surface area contributed by atoms with Crippen molar-refractivity contribution >= 4 is 0 Å². The smallest absolute Gasteiger partial charge is 0.261 e. The van der Waals surface area contributed by atoms with E-state index >= 15 is 0 Å². The molecule has 1 aromatic heterocycles. The van der Waals surface area contributed by atoms with Crippen LogP contribution < -0.4 is 10.5 Å². The summed E-state index contributed by atoms with van der Waals surface area (Å²) < 4.78 is 10.5. The summed E-state index contributed by atoms with van der Waals surface area (Å²) in [5.74, 6) is 1.81. The molecule has 0 saturated carbocycles. The summed E-state index contributed by atoms with van der Waals surface area (Å²) in [5.41, 5.74) is 6.66. The zero-order valence-corrected chi connectivity index (χ0v) is 10.6. The van der Waals surface area contributed by atoms with Gasteiger partial charge in [-0.15, -0.1) is 0 Å². The van der Waals surface area contributed by atoms with Gasteiger partial charge in [0.1, 0.15) is 5.75 Å². The second-order valence-electron chi connectivity index (χ2n) is 4.09. The van der Waals surface area contributed by atoms with Crippen molar-refractivity contribution in [2.75, 3.05) is 7.11 Å². The van der Waals surface area contributed by atoms with Gasteiger partial charge in [0.15, 0.2) is 5.82 Å². The van der Waals surface area contributed by atoms with Crippen LogP contribution in [0.1, 0.15) is 19.2 Å². The van der Waals surface area contributed by atoms with Gasteiger partial charge in [0.05, 0.1) is 12.7 Å². The van der Waals surface area contributed by atoms with Crippen LogP contribution in [0.4, 0.5) is 0 Å². The third kappa shape index (κ3) is 2.68. The summed E-state index contributed by atoms with van der Waals surface area (Å²) in [5, 5.41) is 3.93. The van der Waals surface area contributed by atoms with E-state index in [1.807, 2.05) is 31.2 Å². The highest BCUT2D eigenvalue weighted by molar-refractivity contribution is 5.62. The topological polar surface area (TPSA) is 74.2 Å². The van der Waals surface area contributed by atoms with Gasteiger partial charge in [-0.2, -0.15) is 4.98 Å². The molecule has 0 aliphatic carbocycles. The van der Waals surface area contributed by atoms with Crippen LogP contribution in [0.3, 0.4) is 0 Å². The number of hydrogen-bond donors (Lipinski definition) is 1. The van der Waals surface area contributed by atoms with Crippen LogP contribution in [-0.4, -0.2) is 23.3 Å². The van der Waals surface area contributed by atoms with Crippen LogP contribution in [0.5, 0.6) is 5.75 Å². The van der Waals surface area contributed by atoms with Crippen molar-refractivity contribution in [2.45, 2.75) is 25.8 Å². The van der Waals surface area contributed by atoms with E-state index < -0.39 is 0 Å². The van der Waals surface area contributed by atoms with Crippen molar-refractivity contribution in [3.8, 4) is 17.2 Å². The van der Waals surface area contributed by atoms with Crippen molar-refractivity contribution in [1.29, 1.82) is 0 Å². The van der Waals surface area contributed by atoms with Crippen LogP contribution in [0.25, 0.3) is 11.5 Å². The van der Waals surface area contributed by atoms with Gasteiger partial charge in [0.25, 0.3) is 5.89 Å². The fourth-order valence-corrected chi connectivity index (χ4v) is 1.65. The molecule has 2 rings (SSSR count). The molecule has 0 aliphatic heterocycles. The predicted octanol–water partition coefficient (Wildman–Crippen LogP) is 2.02. The average Bonchev–Trinajstić information content (AvgIpc) is 2.86. The van der Waals surface area contributed by atoms with Gasteiger partial charge in [-0.25, -0.2) is 0 Å². The van der Waals surface area contributed by atoms with E-state index in [4.69, 9.17) is 15.0 Å². The molecule has 1 unspecified atom stereocenters. The zero-order valence-electron chi connectivity index (χ0n) is 10.6. The molecule has 0 amide bonds. The van der Waals surface area contributed by atoms with E-state index in [1.165, 1.54) is 0 Å². The SMILES string of the molecule is CCC(N)Cc1noc(-c2ccccc2OC)n1. The Hall–Kier alpha value is -1.88. The molecule has 96 valence electrons. The Morgan fingerprint density at radius 1 is 1.39 bits per heavy atom. The second kappa shape index (κ2) is 5.64. The Kier molecular flexibility index (Phi) is 3.94. The molecule has 1 atom stereocenters. The molecule has 0 radical (unpaired) electrons. The highest BCUT2D eigenvalue weighted by atomic mass is 16.5. The summed E-state index contributed by atoms with van der Waals surface area (Å²) in [6.45, 7) is 2.03. The summed E-state index contributed by atoms with van der Waals surface area (Å²) in [6.07, 6.45) is 1.51. The van der Waals surface area contributed by atoms with Crippen LogP contribution >= 0.6 is 0 Å². The Morgan fingerprint density at radius 3 is 2.89 bits per heavy atom. The first-order chi connectivity index (χ1) is 8.74. The van der Waals surface area contributed by atoms with Crippen molar-refractivity contribution in [3.63, 3.8) is 0 Å². The lowest BCUT2D eigenvalue weighted by molar-refractivity contribution is 0.401. The minimum atomic E-state index is 0.0631. The summed E-state index contributed by atoms with van der Waals surface area (Å²) in [4.78, 5) is 4.34. The lowest BCUT2D eigenvalue weighted by Crippen LogP contribution is -2.21. The average molecular weight is 247 g/mol. The number of nitrogens with two attached hydrogens (primary N) is 1. The van der Waals surface area contributed by atoms with Gasteiger partial charge in [-0.3, -0.25) is 0 Å². The Balaban J connectivity index is 2.24. The largest absolute Gasteiger partial charge is 0.496 e.